The highest BCUT2D eigenvalue weighted by Crippen LogP contribution is 2.44. The van der Waals surface area contributed by atoms with E-state index in [9.17, 15) is 22.8 Å². The van der Waals surface area contributed by atoms with Gasteiger partial charge in [0.1, 0.15) is 12.9 Å². The van der Waals surface area contributed by atoms with Crippen molar-refractivity contribution in [2.75, 3.05) is 19.7 Å². The van der Waals surface area contributed by atoms with Gasteiger partial charge in [0, 0.05) is 19.0 Å². The molecule has 7 heteroatoms. The second-order valence-electron chi connectivity index (χ2n) is 10.3. The summed E-state index contributed by atoms with van der Waals surface area (Å²) in [4.78, 5) is 26.5. The molecular formula is C34H26F3NO3. The number of alkyl halides is 3. The summed E-state index contributed by atoms with van der Waals surface area (Å²) in [6, 6.07) is 28.6. The molecule has 4 nitrogen and oxygen atoms in total. The zero-order valence-corrected chi connectivity index (χ0v) is 22.0. The highest BCUT2D eigenvalue weighted by Gasteiger charge is 2.34. The predicted octanol–water partition coefficient (Wildman–Crippen LogP) is 7.84. The molecule has 0 saturated carbocycles. The molecule has 1 aliphatic heterocycles. The first-order valence-corrected chi connectivity index (χ1v) is 13.3. The first-order valence-electron chi connectivity index (χ1n) is 13.3. The quantitative estimate of drug-likeness (QED) is 0.237. The number of aldehydes is 1. The Hall–Kier alpha value is -4.65. The van der Waals surface area contributed by atoms with Crippen LogP contribution in [0.15, 0.2) is 103 Å². The van der Waals surface area contributed by atoms with Gasteiger partial charge in [-0.15, -0.1) is 0 Å². The number of carbonyl (C=O) groups is 2. The number of benzene rings is 4. The number of amides is 1. The normalized spacial score (nSPS) is 17.4. The maximum atomic E-state index is 13.1. The van der Waals surface area contributed by atoms with E-state index in [-0.39, 0.29) is 25.6 Å². The first-order chi connectivity index (χ1) is 19.8. The summed E-state index contributed by atoms with van der Waals surface area (Å²) >= 11 is 0. The van der Waals surface area contributed by atoms with Gasteiger partial charge in [0.05, 0.1) is 11.5 Å². The molecule has 206 valence electrons. The van der Waals surface area contributed by atoms with Crippen molar-refractivity contribution < 1.29 is 27.5 Å². The van der Waals surface area contributed by atoms with Crippen LogP contribution in [-0.4, -0.2) is 37.0 Å². The molecular weight excluding hydrogens is 527 g/mol. The van der Waals surface area contributed by atoms with Crippen molar-refractivity contribution in [1.29, 1.82) is 0 Å². The Kier molecular flexibility index (Phi) is 6.95. The smallest absolute Gasteiger partial charge is 0.416 e. The fraction of sp³-hybridized carbons (Fsp3) is 0.176. The third kappa shape index (κ3) is 5.27. The minimum absolute atomic E-state index is 0.0472. The molecule has 1 saturated heterocycles. The number of nitrogens with zero attached hydrogens (tertiary/aromatic N) is 1. The van der Waals surface area contributed by atoms with Crippen LogP contribution in [0, 0.1) is 5.92 Å². The van der Waals surface area contributed by atoms with Gasteiger partial charge in [-0.1, -0.05) is 91.0 Å². The largest absolute Gasteiger partial charge is 0.448 e. The van der Waals surface area contributed by atoms with Crippen LogP contribution in [0.5, 0.6) is 0 Å². The predicted molar refractivity (Wildman–Crippen MR) is 151 cm³/mol. The summed E-state index contributed by atoms with van der Waals surface area (Å²) in [5, 5.41) is 0. The van der Waals surface area contributed by atoms with Gasteiger partial charge in [-0.2, -0.15) is 13.2 Å². The maximum absolute atomic E-state index is 13.1. The highest BCUT2D eigenvalue weighted by atomic mass is 19.4. The number of hydrogen-bond acceptors (Lipinski definition) is 3. The van der Waals surface area contributed by atoms with Crippen molar-refractivity contribution in [1.82, 2.24) is 4.90 Å². The molecule has 1 heterocycles. The SMILES string of the molecule is O=CC1CN(C(=O)OCC2c3ccccc3-c3ccccc32)CC1=Cc1ccc(-c2ccc(C(F)(F)F)cc2)cc1. The van der Waals surface area contributed by atoms with Gasteiger partial charge < -0.3 is 14.4 Å². The zero-order valence-electron chi connectivity index (χ0n) is 22.0. The lowest BCUT2D eigenvalue weighted by Crippen LogP contribution is -2.30. The molecule has 0 bridgehead atoms. The van der Waals surface area contributed by atoms with E-state index in [1.807, 2.05) is 54.6 Å². The van der Waals surface area contributed by atoms with E-state index in [2.05, 4.69) is 24.3 Å². The van der Waals surface area contributed by atoms with Gasteiger partial charge in [-0.05, 0) is 56.6 Å². The van der Waals surface area contributed by atoms with Gasteiger partial charge in [0.15, 0.2) is 0 Å². The molecule has 41 heavy (non-hydrogen) atoms. The third-order valence-electron chi connectivity index (χ3n) is 7.83. The molecule has 1 amide bonds. The Morgan fingerprint density at radius 3 is 1.95 bits per heavy atom. The molecule has 4 aromatic rings. The number of ether oxygens (including phenoxy) is 1. The van der Waals surface area contributed by atoms with Crippen molar-refractivity contribution >= 4 is 18.5 Å². The minimum atomic E-state index is -4.38. The van der Waals surface area contributed by atoms with E-state index in [1.165, 1.54) is 12.1 Å². The van der Waals surface area contributed by atoms with Crippen molar-refractivity contribution in [2.24, 2.45) is 5.92 Å². The van der Waals surface area contributed by atoms with Gasteiger partial charge in [0.2, 0.25) is 0 Å². The van der Waals surface area contributed by atoms with Crippen molar-refractivity contribution in [2.45, 2.75) is 12.1 Å². The van der Waals surface area contributed by atoms with Crippen molar-refractivity contribution in [3.05, 3.63) is 125 Å². The minimum Gasteiger partial charge on any atom is -0.448 e. The number of rotatable bonds is 5. The van der Waals surface area contributed by atoms with Gasteiger partial charge in [-0.25, -0.2) is 4.79 Å². The van der Waals surface area contributed by atoms with Gasteiger partial charge >= 0.3 is 12.3 Å². The number of likely N-dealkylation sites (tertiary alicyclic amines) is 1. The second kappa shape index (κ2) is 10.7. The molecule has 4 aromatic carbocycles. The average molecular weight is 554 g/mol. The monoisotopic (exact) mass is 553 g/mol. The van der Waals surface area contributed by atoms with Crippen LogP contribution in [0.3, 0.4) is 0 Å². The number of fused-ring (bicyclic) bond motifs is 3. The van der Waals surface area contributed by atoms with Crippen LogP contribution in [-0.2, 0) is 15.7 Å². The molecule has 6 rings (SSSR count). The topological polar surface area (TPSA) is 46.6 Å². The Morgan fingerprint density at radius 1 is 0.829 bits per heavy atom. The van der Waals surface area contributed by atoms with Crippen LogP contribution in [0.1, 0.15) is 28.2 Å². The van der Waals surface area contributed by atoms with E-state index in [0.29, 0.717) is 5.56 Å². The lowest BCUT2D eigenvalue weighted by molar-refractivity contribution is -0.137. The molecule has 0 radical (unpaired) electrons. The van der Waals surface area contributed by atoms with Crippen molar-refractivity contribution in [3.8, 4) is 22.3 Å². The third-order valence-corrected chi connectivity index (χ3v) is 7.83. The molecule has 1 fully saturated rings. The van der Waals surface area contributed by atoms with Gasteiger partial charge in [-0.3, -0.25) is 0 Å². The van der Waals surface area contributed by atoms with E-state index >= 15 is 0 Å². The highest BCUT2D eigenvalue weighted by molar-refractivity contribution is 5.79. The summed E-state index contributed by atoms with van der Waals surface area (Å²) in [5.41, 5.74) is 6.96. The summed E-state index contributed by atoms with van der Waals surface area (Å²) in [6.07, 6.45) is -2.11. The Bertz CT molecular complexity index is 1580. The van der Waals surface area contributed by atoms with E-state index in [1.54, 1.807) is 4.90 Å². The summed E-state index contributed by atoms with van der Waals surface area (Å²) in [6.45, 7) is 0.732. The van der Waals surface area contributed by atoms with Crippen LogP contribution in [0.4, 0.5) is 18.0 Å². The summed E-state index contributed by atoms with van der Waals surface area (Å²) < 4.78 is 44.4. The lowest BCUT2D eigenvalue weighted by atomic mass is 9.98. The van der Waals surface area contributed by atoms with E-state index < -0.39 is 23.8 Å². The first kappa shape index (κ1) is 26.6. The summed E-state index contributed by atoms with van der Waals surface area (Å²) in [7, 11) is 0. The maximum Gasteiger partial charge on any atom is 0.416 e. The van der Waals surface area contributed by atoms with E-state index in [4.69, 9.17) is 4.74 Å². The summed E-state index contributed by atoms with van der Waals surface area (Å²) in [5.74, 6) is -0.487. The molecule has 0 spiro atoms. The van der Waals surface area contributed by atoms with E-state index in [0.717, 1.165) is 57.4 Å². The number of carbonyl (C=O) groups excluding carboxylic acids is 2. The Morgan fingerprint density at radius 2 is 1.39 bits per heavy atom. The second-order valence-corrected chi connectivity index (χ2v) is 10.3. The molecule has 2 aliphatic rings. The Labute approximate surface area is 235 Å². The molecule has 1 atom stereocenters. The van der Waals surface area contributed by atoms with Crippen molar-refractivity contribution in [3.63, 3.8) is 0 Å². The fourth-order valence-corrected chi connectivity index (χ4v) is 5.70. The fourth-order valence-electron chi connectivity index (χ4n) is 5.70. The zero-order chi connectivity index (χ0) is 28.6. The molecule has 1 aliphatic carbocycles. The molecule has 0 N–H and O–H groups in total. The standard InChI is InChI=1S/C34H26F3NO3/c35-34(36,37)27-15-13-24(14-16-27)23-11-9-22(10-12-23)17-25-18-38(19-26(25)20-39)33(40)41-21-32-30-7-3-1-5-28(30)29-6-2-4-8-31(29)32/h1-17,20,26,32H,18-19,21H2. The molecule has 0 aromatic heterocycles. The van der Waals surface area contributed by atoms with Crippen LogP contribution in [0.25, 0.3) is 28.3 Å². The average Bonchev–Trinajstić information content (AvgIpc) is 3.55. The molecule has 1 unspecified atom stereocenters. The number of hydrogen-bond donors (Lipinski definition) is 0. The van der Waals surface area contributed by atoms with Crippen LogP contribution in [0.2, 0.25) is 0 Å². The van der Waals surface area contributed by atoms with Crippen LogP contribution >= 0.6 is 0 Å². The number of halogens is 3. The van der Waals surface area contributed by atoms with Gasteiger partial charge in [0.25, 0.3) is 0 Å². The Balaban J connectivity index is 1.12. The van der Waals surface area contributed by atoms with Crippen LogP contribution < -0.4 is 0 Å². The lowest BCUT2D eigenvalue weighted by Gasteiger charge is -2.19.